The lowest BCUT2D eigenvalue weighted by atomic mass is 9.96. The molecule has 2 unspecified atom stereocenters. The zero-order valence-electron chi connectivity index (χ0n) is 13.7. The molecule has 0 spiro atoms. The third-order valence-corrected chi connectivity index (χ3v) is 4.27. The average molecular weight is 276 g/mol. The summed E-state index contributed by atoms with van der Waals surface area (Å²) in [5, 5.41) is 6.62. The van der Waals surface area contributed by atoms with Gasteiger partial charge in [-0.2, -0.15) is 0 Å². The van der Waals surface area contributed by atoms with Gasteiger partial charge in [0.2, 0.25) is 0 Å². The van der Waals surface area contributed by atoms with Gasteiger partial charge in [0.05, 0.1) is 0 Å². The summed E-state index contributed by atoms with van der Waals surface area (Å²) < 4.78 is 0. The first-order chi connectivity index (χ1) is 9.67. The topological polar surface area (TPSA) is 24.1 Å². The summed E-state index contributed by atoms with van der Waals surface area (Å²) in [4.78, 5) is 0. The Kier molecular flexibility index (Phi) is 8.56. The van der Waals surface area contributed by atoms with Gasteiger partial charge in [-0.05, 0) is 77.6 Å². The van der Waals surface area contributed by atoms with Gasteiger partial charge in [0.15, 0.2) is 0 Å². The van der Waals surface area contributed by atoms with Crippen molar-refractivity contribution in [2.45, 2.75) is 64.5 Å². The largest absolute Gasteiger partial charge is 0.317 e. The van der Waals surface area contributed by atoms with E-state index >= 15 is 0 Å². The minimum atomic E-state index is 0.624. The number of nitrogens with one attached hydrogen (secondary N) is 2. The van der Waals surface area contributed by atoms with Gasteiger partial charge in [0.1, 0.15) is 0 Å². The molecule has 2 atom stereocenters. The smallest absolute Gasteiger partial charge is 0.00358 e. The monoisotopic (exact) mass is 276 g/mol. The molecule has 0 aliphatic rings. The highest BCUT2D eigenvalue weighted by molar-refractivity contribution is 5.27. The second-order valence-electron chi connectivity index (χ2n) is 5.93. The van der Waals surface area contributed by atoms with Crippen LogP contribution in [0.2, 0.25) is 0 Å². The van der Waals surface area contributed by atoms with Crippen molar-refractivity contribution >= 4 is 0 Å². The summed E-state index contributed by atoms with van der Waals surface area (Å²) in [5.74, 6) is 0. The Balaban J connectivity index is 2.42. The lowest BCUT2D eigenvalue weighted by Crippen LogP contribution is -2.21. The summed E-state index contributed by atoms with van der Waals surface area (Å²) in [6, 6.07) is 10.2. The van der Waals surface area contributed by atoms with E-state index in [2.05, 4.69) is 48.7 Å². The van der Waals surface area contributed by atoms with Gasteiger partial charge < -0.3 is 10.6 Å². The molecular formula is C18H32N2. The molecule has 0 aliphatic carbocycles. The van der Waals surface area contributed by atoms with Gasteiger partial charge in [0, 0.05) is 12.1 Å². The van der Waals surface area contributed by atoms with Crippen molar-refractivity contribution in [3.05, 3.63) is 35.4 Å². The van der Waals surface area contributed by atoms with Crippen molar-refractivity contribution in [1.82, 2.24) is 10.6 Å². The van der Waals surface area contributed by atoms with Gasteiger partial charge in [-0.1, -0.05) is 24.3 Å². The van der Waals surface area contributed by atoms with Crippen LogP contribution in [0.3, 0.4) is 0 Å². The summed E-state index contributed by atoms with van der Waals surface area (Å²) in [5.41, 5.74) is 3.10. The van der Waals surface area contributed by atoms with Crippen molar-refractivity contribution in [2.75, 3.05) is 14.1 Å². The molecule has 2 N–H and O–H groups in total. The Bertz CT molecular complexity index is 327. The van der Waals surface area contributed by atoms with E-state index in [4.69, 9.17) is 0 Å². The van der Waals surface area contributed by atoms with Crippen LogP contribution >= 0.6 is 0 Å². The molecule has 0 fully saturated rings. The van der Waals surface area contributed by atoms with E-state index in [9.17, 15) is 0 Å². The summed E-state index contributed by atoms with van der Waals surface area (Å²) in [7, 11) is 4.09. The molecule has 0 saturated heterocycles. The average Bonchev–Trinajstić information content (AvgIpc) is 2.48. The zero-order chi connectivity index (χ0) is 14.8. The second kappa shape index (κ2) is 9.95. The SMILES string of the molecule is CNC(C)CCCc1ccccc1CCCC(C)NC. The van der Waals surface area contributed by atoms with Crippen LogP contribution in [-0.2, 0) is 12.8 Å². The number of aryl methyl sites for hydroxylation is 2. The summed E-state index contributed by atoms with van der Waals surface area (Å²) in [6.45, 7) is 4.51. The molecule has 2 heteroatoms. The quantitative estimate of drug-likeness (QED) is 0.683. The number of rotatable bonds is 10. The predicted molar refractivity (Wildman–Crippen MR) is 89.4 cm³/mol. The highest BCUT2D eigenvalue weighted by atomic mass is 14.8. The minimum absolute atomic E-state index is 0.624. The number of benzene rings is 1. The maximum absolute atomic E-state index is 3.31. The van der Waals surface area contributed by atoms with Crippen molar-refractivity contribution in [2.24, 2.45) is 0 Å². The van der Waals surface area contributed by atoms with Crippen molar-refractivity contribution < 1.29 is 0 Å². The van der Waals surface area contributed by atoms with Gasteiger partial charge >= 0.3 is 0 Å². The van der Waals surface area contributed by atoms with Gasteiger partial charge in [0.25, 0.3) is 0 Å². The van der Waals surface area contributed by atoms with Crippen molar-refractivity contribution in [1.29, 1.82) is 0 Å². The Morgan fingerprint density at radius 2 is 1.20 bits per heavy atom. The van der Waals surface area contributed by atoms with Crippen LogP contribution < -0.4 is 10.6 Å². The zero-order valence-corrected chi connectivity index (χ0v) is 13.7. The molecule has 2 nitrogen and oxygen atoms in total. The second-order valence-corrected chi connectivity index (χ2v) is 5.93. The minimum Gasteiger partial charge on any atom is -0.317 e. The predicted octanol–water partition coefficient (Wildman–Crippen LogP) is 3.55. The van der Waals surface area contributed by atoms with Crippen molar-refractivity contribution in [3.63, 3.8) is 0 Å². The Hall–Kier alpha value is -0.860. The molecule has 20 heavy (non-hydrogen) atoms. The fourth-order valence-electron chi connectivity index (χ4n) is 2.53. The van der Waals surface area contributed by atoms with Gasteiger partial charge in [-0.15, -0.1) is 0 Å². The van der Waals surface area contributed by atoms with Crippen LogP contribution in [-0.4, -0.2) is 26.2 Å². The normalized spacial score (nSPS) is 14.2. The molecule has 0 heterocycles. The standard InChI is InChI=1S/C18H32N2/c1-15(19-3)9-7-13-17-11-5-6-12-18(17)14-8-10-16(2)20-4/h5-6,11-12,15-16,19-20H,7-10,13-14H2,1-4H3. The Morgan fingerprint density at radius 3 is 1.55 bits per heavy atom. The molecule has 0 saturated carbocycles. The van der Waals surface area contributed by atoms with Crippen LogP contribution in [0.25, 0.3) is 0 Å². The maximum Gasteiger partial charge on any atom is 0.00358 e. The highest BCUT2D eigenvalue weighted by Gasteiger charge is 2.05. The fourth-order valence-corrected chi connectivity index (χ4v) is 2.53. The molecule has 1 aromatic carbocycles. The molecule has 0 amide bonds. The van der Waals surface area contributed by atoms with E-state index < -0.39 is 0 Å². The van der Waals surface area contributed by atoms with Crippen LogP contribution in [0, 0.1) is 0 Å². The van der Waals surface area contributed by atoms with Crippen LogP contribution in [0.4, 0.5) is 0 Å². The summed E-state index contributed by atoms with van der Waals surface area (Å²) >= 11 is 0. The van der Waals surface area contributed by atoms with Crippen molar-refractivity contribution in [3.8, 4) is 0 Å². The fraction of sp³-hybridized carbons (Fsp3) is 0.667. The maximum atomic E-state index is 3.31. The molecule has 0 bridgehead atoms. The van der Waals surface area contributed by atoms with E-state index in [0.717, 1.165) is 0 Å². The Morgan fingerprint density at radius 1 is 0.800 bits per heavy atom. The number of hydrogen-bond acceptors (Lipinski definition) is 2. The molecule has 0 aromatic heterocycles. The third-order valence-electron chi connectivity index (χ3n) is 4.27. The summed E-state index contributed by atoms with van der Waals surface area (Å²) in [6.07, 6.45) is 7.47. The molecule has 0 aliphatic heterocycles. The van der Waals surface area contributed by atoms with Crippen LogP contribution in [0.15, 0.2) is 24.3 Å². The van der Waals surface area contributed by atoms with Gasteiger partial charge in [-0.25, -0.2) is 0 Å². The van der Waals surface area contributed by atoms with Crippen LogP contribution in [0.1, 0.15) is 50.7 Å². The first-order valence-electron chi connectivity index (χ1n) is 8.08. The molecule has 1 aromatic rings. The number of hydrogen-bond donors (Lipinski definition) is 2. The van der Waals surface area contributed by atoms with E-state index in [-0.39, 0.29) is 0 Å². The van der Waals surface area contributed by atoms with Gasteiger partial charge in [-0.3, -0.25) is 0 Å². The van der Waals surface area contributed by atoms with E-state index in [1.165, 1.54) is 38.5 Å². The molecule has 1 rings (SSSR count). The Labute approximate surface area is 125 Å². The third kappa shape index (κ3) is 6.53. The van der Waals surface area contributed by atoms with Crippen LogP contribution in [0.5, 0.6) is 0 Å². The van der Waals surface area contributed by atoms with E-state index in [0.29, 0.717) is 12.1 Å². The lowest BCUT2D eigenvalue weighted by Gasteiger charge is -2.13. The lowest BCUT2D eigenvalue weighted by molar-refractivity contribution is 0.535. The van der Waals surface area contributed by atoms with E-state index in [1.807, 2.05) is 14.1 Å². The first-order valence-corrected chi connectivity index (χ1v) is 8.08. The molecular weight excluding hydrogens is 244 g/mol. The highest BCUT2D eigenvalue weighted by Crippen LogP contribution is 2.16. The molecule has 0 radical (unpaired) electrons. The first kappa shape index (κ1) is 17.2. The molecule has 114 valence electrons. The van der Waals surface area contributed by atoms with E-state index in [1.54, 1.807) is 11.1 Å².